The molecule has 1 saturated heterocycles. The van der Waals surface area contributed by atoms with Crippen LogP contribution in [0.25, 0.3) is 11.3 Å². The molecular weight excluding hydrogens is 528 g/mol. The first kappa shape index (κ1) is 25.5. The second kappa shape index (κ2) is 9.97. The Kier molecular flexibility index (Phi) is 6.69. The molecule has 5 rings (SSSR count). The molecule has 14 heteroatoms. The Bertz CT molecular complexity index is 1490. The fourth-order valence-corrected chi connectivity index (χ4v) is 3.98. The molecule has 1 atom stereocenters. The molecular formula is C24H19ClF4N8O. The number of alkyl halides is 3. The first-order valence-corrected chi connectivity index (χ1v) is 11.8. The van der Waals surface area contributed by atoms with Crippen LogP contribution in [0.2, 0.25) is 5.02 Å². The number of carbonyl (C=O) groups is 1. The highest BCUT2D eigenvalue weighted by Crippen LogP contribution is 2.39. The molecule has 1 aromatic carbocycles. The van der Waals surface area contributed by atoms with Crippen LogP contribution in [0.1, 0.15) is 41.0 Å². The van der Waals surface area contributed by atoms with Gasteiger partial charge in [0.1, 0.15) is 5.69 Å². The molecule has 1 amide bonds. The van der Waals surface area contributed by atoms with Crippen LogP contribution in [-0.4, -0.2) is 48.7 Å². The average molecular weight is 547 g/mol. The van der Waals surface area contributed by atoms with E-state index in [2.05, 4.69) is 35.3 Å². The summed E-state index contributed by atoms with van der Waals surface area (Å²) in [4.78, 5) is 31.3. The van der Waals surface area contributed by atoms with Crippen molar-refractivity contribution in [2.45, 2.75) is 25.6 Å². The zero-order chi connectivity index (χ0) is 27.0. The van der Waals surface area contributed by atoms with E-state index in [9.17, 15) is 22.4 Å². The normalized spacial score (nSPS) is 14.2. The van der Waals surface area contributed by atoms with E-state index in [1.807, 2.05) is 6.92 Å². The van der Waals surface area contributed by atoms with Crippen molar-refractivity contribution in [3.63, 3.8) is 0 Å². The van der Waals surface area contributed by atoms with Crippen molar-refractivity contribution < 1.29 is 22.4 Å². The number of halogens is 5. The lowest BCUT2D eigenvalue weighted by molar-refractivity contribution is -0.137. The van der Waals surface area contributed by atoms with Crippen LogP contribution < -0.4 is 10.2 Å². The Morgan fingerprint density at radius 2 is 1.84 bits per heavy atom. The topological polar surface area (TPSA) is 102 Å². The highest BCUT2D eigenvalue weighted by atomic mass is 35.5. The highest BCUT2D eigenvalue weighted by molar-refractivity contribution is 6.31. The van der Waals surface area contributed by atoms with E-state index in [1.165, 1.54) is 6.20 Å². The number of nitrogens with one attached hydrogen (secondary N) is 1. The molecule has 1 unspecified atom stereocenters. The van der Waals surface area contributed by atoms with E-state index in [1.54, 1.807) is 23.3 Å². The van der Waals surface area contributed by atoms with Gasteiger partial charge in [-0.25, -0.2) is 19.3 Å². The minimum Gasteiger partial charge on any atom is -0.341 e. The Morgan fingerprint density at radius 3 is 2.50 bits per heavy atom. The number of hydrogen-bond acceptors (Lipinski definition) is 7. The van der Waals surface area contributed by atoms with Gasteiger partial charge in [-0.05, 0) is 25.5 Å². The number of benzene rings is 1. The van der Waals surface area contributed by atoms with E-state index in [-0.39, 0.29) is 11.7 Å². The van der Waals surface area contributed by atoms with E-state index in [0.717, 1.165) is 43.5 Å². The van der Waals surface area contributed by atoms with Crippen LogP contribution in [0, 0.1) is 5.82 Å². The zero-order valence-corrected chi connectivity index (χ0v) is 20.5. The molecule has 4 aromatic rings. The van der Waals surface area contributed by atoms with Crippen LogP contribution in [0.15, 0.2) is 49.3 Å². The highest BCUT2D eigenvalue weighted by Gasteiger charge is 2.36. The third-order valence-electron chi connectivity index (χ3n) is 6.06. The number of amides is 1. The second-order valence-electron chi connectivity index (χ2n) is 8.57. The zero-order valence-electron chi connectivity index (χ0n) is 19.7. The van der Waals surface area contributed by atoms with Gasteiger partial charge in [-0.15, -0.1) is 0 Å². The molecule has 38 heavy (non-hydrogen) atoms. The number of aromatic nitrogens is 6. The molecule has 0 aliphatic carbocycles. The van der Waals surface area contributed by atoms with Crippen molar-refractivity contribution in [3.05, 3.63) is 77.0 Å². The van der Waals surface area contributed by atoms with Crippen LogP contribution in [-0.2, 0) is 6.18 Å². The lowest BCUT2D eigenvalue weighted by atomic mass is 10.0. The van der Waals surface area contributed by atoms with E-state index in [4.69, 9.17) is 11.6 Å². The summed E-state index contributed by atoms with van der Waals surface area (Å²) in [5, 5.41) is 6.31. The van der Waals surface area contributed by atoms with Crippen molar-refractivity contribution in [2.24, 2.45) is 0 Å². The lowest BCUT2D eigenvalue weighted by Gasteiger charge is -2.30. The third kappa shape index (κ3) is 5.01. The minimum atomic E-state index is -4.88. The minimum absolute atomic E-state index is 0.249. The van der Waals surface area contributed by atoms with Crippen LogP contribution in [0.5, 0.6) is 0 Å². The standard InChI is InChI=1S/C24H19ClF4N8O/c1-13(14-7-31-23(32-8-14)36-5-2-6-36)37-12-15(9-33-37)34-22(38)19-11-30-10-18(35-19)20-16(24(27,28)29)3-4-17(25)21(20)26/h3-4,7-13H,2,5-6H2,1H3,(H,34,38). The van der Waals surface area contributed by atoms with Gasteiger partial charge in [0, 0.05) is 37.2 Å². The Balaban J connectivity index is 1.34. The largest absolute Gasteiger partial charge is 0.417 e. The van der Waals surface area contributed by atoms with Gasteiger partial charge in [0.15, 0.2) is 5.82 Å². The lowest BCUT2D eigenvalue weighted by Crippen LogP contribution is -2.38. The maximum Gasteiger partial charge on any atom is 0.417 e. The molecule has 3 aromatic heterocycles. The molecule has 1 N–H and O–H groups in total. The number of rotatable bonds is 6. The summed E-state index contributed by atoms with van der Waals surface area (Å²) in [7, 11) is 0. The molecule has 196 valence electrons. The maximum atomic E-state index is 14.6. The van der Waals surface area contributed by atoms with Gasteiger partial charge in [-0.2, -0.15) is 18.3 Å². The van der Waals surface area contributed by atoms with Gasteiger partial charge >= 0.3 is 6.18 Å². The Labute approximate surface area is 218 Å². The quantitative estimate of drug-likeness (QED) is 0.339. The summed E-state index contributed by atoms with van der Waals surface area (Å²) in [5.41, 5.74) is -1.89. The molecule has 1 aliphatic rings. The summed E-state index contributed by atoms with van der Waals surface area (Å²) in [5.74, 6) is -1.42. The summed E-state index contributed by atoms with van der Waals surface area (Å²) >= 11 is 5.71. The Morgan fingerprint density at radius 1 is 1.11 bits per heavy atom. The van der Waals surface area contributed by atoms with Crippen molar-refractivity contribution in [3.8, 4) is 11.3 Å². The van der Waals surface area contributed by atoms with Crippen LogP contribution in [0.3, 0.4) is 0 Å². The number of nitrogens with zero attached hydrogens (tertiary/aromatic N) is 7. The number of anilines is 2. The third-order valence-corrected chi connectivity index (χ3v) is 6.35. The number of carbonyl (C=O) groups excluding carboxylic acids is 1. The molecule has 1 fully saturated rings. The number of hydrogen-bond donors (Lipinski definition) is 1. The molecule has 1 aliphatic heterocycles. The van der Waals surface area contributed by atoms with Gasteiger partial charge in [0.25, 0.3) is 5.91 Å². The van der Waals surface area contributed by atoms with Crippen molar-refractivity contribution in [1.82, 2.24) is 29.7 Å². The van der Waals surface area contributed by atoms with E-state index >= 15 is 0 Å². The van der Waals surface area contributed by atoms with Gasteiger partial charge in [0.05, 0.1) is 52.2 Å². The van der Waals surface area contributed by atoms with Crippen molar-refractivity contribution >= 4 is 29.1 Å². The smallest absolute Gasteiger partial charge is 0.341 e. The fourth-order valence-electron chi connectivity index (χ4n) is 3.82. The maximum absolute atomic E-state index is 14.6. The van der Waals surface area contributed by atoms with Gasteiger partial charge in [0.2, 0.25) is 5.95 Å². The summed E-state index contributed by atoms with van der Waals surface area (Å²) in [6.07, 6.45) is 4.62. The van der Waals surface area contributed by atoms with Gasteiger partial charge in [-0.3, -0.25) is 14.5 Å². The first-order valence-electron chi connectivity index (χ1n) is 11.4. The summed E-state index contributed by atoms with van der Waals surface area (Å²) in [6, 6.07) is 1.20. The van der Waals surface area contributed by atoms with Crippen molar-refractivity contribution in [1.29, 1.82) is 0 Å². The molecule has 0 radical (unpaired) electrons. The molecule has 0 saturated carbocycles. The predicted molar refractivity (Wildman–Crippen MR) is 130 cm³/mol. The van der Waals surface area contributed by atoms with Crippen molar-refractivity contribution in [2.75, 3.05) is 23.3 Å². The summed E-state index contributed by atoms with van der Waals surface area (Å²) < 4.78 is 56.7. The monoisotopic (exact) mass is 546 g/mol. The molecule has 0 bridgehead atoms. The van der Waals surface area contributed by atoms with Gasteiger partial charge in [-0.1, -0.05) is 11.6 Å². The van der Waals surface area contributed by atoms with E-state index < -0.39 is 39.7 Å². The second-order valence-corrected chi connectivity index (χ2v) is 8.97. The van der Waals surface area contributed by atoms with E-state index in [0.29, 0.717) is 17.7 Å². The van der Waals surface area contributed by atoms with Gasteiger partial charge < -0.3 is 10.2 Å². The molecule has 4 heterocycles. The predicted octanol–water partition coefficient (Wildman–Crippen LogP) is 5.01. The molecule has 0 spiro atoms. The molecule has 9 nitrogen and oxygen atoms in total. The average Bonchev–Trinajstić information content (AvgIpc) is 3.32. The fraction of sp³-hybridized carbons (Fsp3) is 0.250. The van der Waals surface area contributed by atoms with Crippen LogP contribution in [0.4, 0.5) is 29.2 Å². The summed E-state index contributed by atoms with van der Waals surface area (Å²) in [6.45, 7) is 3.75. The van der Waals surface area contributed by atoms with Crippen LogP contribution >= 0.6 is 11.6 Å². The SMILES string of the molecule is CC(c1cnc(N2CCC2)nc1)n1cc(NC(=O)c2cncc(-c3c(C(F)(F)F)ccc(Cl)c3F)n2)cn1. The first-order chi connectivity index (χ1) is 18.1. The Hall–Kier alpha value is -4.13.